The zero-order valence-electron chi connectivity index (χ0n) is 19.2. The molecule has 10 heteroatoms. The minimum atomic E-state index is -4.43. The number of alkyl halides is 3. The van der Waals surface area contributed by atoms with Crippen LogP contribution in [0.1, 0.15) is 43.5 Å². The number of nitrogens with zero attached hydrogens (tertiary/aromatic N) is 3. The van der Waals surface area contributed by atoms with Gasteiger partial charge in [0.15, 0.2) is 17.3 Å². The molecule has 0 N–H and O–H groups in total. The molecule has 0 saturated carbocycles. The summed E-state index contributed by atoms with van der Waals surface area (Å²) in [6.45, 7) is 3.77. The molecule has 0 radical (unpaired) electrons. The molecule has 182 valence electrons. The molecule has 0 fully saturated rings. The maximum atomic E-state index is 12.8. The highest BCUT2D eigenvalue weighted by Crippen LogP contribution is 2.32. The van der Waals surface area contributed by atoms with Crippen LogP contribution in [0, 0.1) is 0 Å². The number of rotatable bonds is 10. The number of aryl methyl sites for hydroxylation is 2. The van der Waals surface area contributed by atoms with Gasteiger partial charge in [-0.25, -0.2) is 9.67 Å². The average molecular weight is 477 g/mol. The van der Waals surface area contributed by atoms with E-state index in [4.69, 9.17) is 14.2 Å². The second kappa shape index (κ2) is 11.0. The van der Waals surface area contributed by atoms with Gasteiger partial charge in [-0.05, 0) is 49.1 Å². The van der Waals surface area contributed by atoms with Gasteiger partial charge in [0.25, 0.3) is 0 Å². The maximum Gasteiger partial charge on any atom is 0.417 e. The quantitative estimate of drug-likeness (QED) is 0.227. The Hall–Kier alpha value is -3.56. The Balaban J connectivity index is 1.63. The Labute approximate surface area is 195 Å². The fraction of sp³-hybridized carbons (Fsp3) is 0.375. The number of carbonyl (C=O) groups is 1. The predicted octanol–water partition coefficient (Wildman–Crippen LogP) is 5.18. The highest BCUT2D eigenvalue weighted by molar-refractivity contribution is 5.70. The van der Waals surface area contributed by atoms with Crippen LogP contribution >= 0.6 is 0 Å². The molecule has 0 aliphatic carbocycles. The lowest BCUT2D eigenvalue weighted by Crippen LogP contribution is -2.07. The number of ether oxygens (including phenoxy) is 3. The summed E-state index contributed by atoms with van der Waals surface area (Å²) in [5.74, 6) is 1.17. The third kappa shape index (κ3) is 6.49. The third-order valence-electron chi connectivity index (χ3n) is 4.92. The van der Waals surface area contributed by atoms with Crippen LogP contribution in [-0.4, -0.2) is 34.5 Å². The Bertz CT molecular complexity index is 1110. The van der Waals surface area contributed by atoms with Crippen molar-refractivity contribution in [1.29, 1.82) is 0 Å². The smallest absolute Gasteiger partial charge is 0.417 e. The molecule has 0 saturated heterocycles. The summed E-state index contributed by atoms with van der Waals surface area (Å²) >= 11 is 0. The fourth-order valence-corrected chi connectivity index (χ4v) is 3.34. The van der Waals surface area contributed by atoms with Gasteiger partial charge >= 0.3 is 12.1 Å². The van der Waals surface area contributed by atoms with E-state index in [-0.39, 0.29) is 0 Å². The summed E-state index contributed by atoms with van der Waals surface area (Å²) in [6, 6.07) is 7.26. The van der Waals surface area contributed by atoms with Gasteiger partial charge in [-0.1, -0.05) is 13.3 Å². The summed E-state index contributed by atoms with van der Waals surface area (Å²) in [5.41, 5.74) is 1.08. The number of hydrogen-bond donors (Lipinski definition) is 0. The van der Waals surface area contributed by atoms with E-state index in [1.807, 2.05) is 6.92 Å². The Morgan fingerprint density at radius 3 is 2.53 bits per heavy atom. The Morgan fingerprint density at radius 2 is 1.91 bits per heavy atom. The first-order valence-electron chi connectivity index (χ1n) is 10.8. The second-order valence-corrected chi connectivity index (χ2v) is 7.56. The number of pyridine rings is 1. The predicted molar refractivity (Wildman–Crippen MR) is 118 cm³/mol. The topological polar surface area (TPSA) is 75.5 Å². The monoisotopic (exact) mass is 477 g/mol. The molecule has 0 spiro atoms. The minimum Gasteiger partial charge on any atom is -0.493 e. The van der Waals surface area contributed by atoms with Crippen LogP contribution in [0.15, 0.2) is 42.7 Å². The van der Waals surface area contributed by atoms with E-state index >= 15 is 0 Å². The first-order valence-corrected chi connectivity index (χ1v) is 10.8. The molecule has 0 unspecified atom stereocenters. The molecule has 2 aromatic heterocycles. The van der Waals surface area contributed by atoms with Gasteiger partial charge in [-0.2, -0.15) is 18.3 Å². The molecule has 0 amide bonds. The molecule has 3 rings (SSSR count). The van der Waals surface area contributed by atoms with Crippen molar-refractivity contribution in [3.05, 3.63) is 59.5 Å². The van der Waals surface area contributed by atoms with Crippen LogP contribution < -0.4 is 14.2 Å². The number of hydrogen-bond acceptors (Lipinski definition) is 6. The van der Waals surface area contributed by atoms with Crippen molar-refractivity contribution in [3.8, 4) is 23.1 Å². The van der Waals surface area contributed by atoms with Crippen molar-refractivity contribution in [3.63, 3.8) is 0 Å². The SMILES string of the molecule is CCCc1nn(-c2ccc(C(F)(F)F)cn2)cc1CCCOc1ccc(OC(C)=O)c(OC)c1. The highest BCUT2D eigenvalue weighted by atomic mass is 19.4. The van der Waals surface area contributed by atoms with Crippen molar-refractivity contribution in [2.24, 2.45) is 0 Å². The molecule has 0 atom stereocenters. The van der Waals surface area contributed by atoms with Gasteiger partial charge < -0.3 is 14.2 Å². The highest BCUT2D eigenvalue weighted by Gasteiger charge is 2.30. The number of aromatic nitrogens is 3. The van der Waals surface area contributed by atoms with Crippen molar-refractivity contribution in [2.45, 2.75) is 45.7 Å². The van der Waals surface area contributed by atoms with E-state index in [1.165, 1.54) is 24.8 Å². The lowest BCUT2D eigenvalue weighted by molar-refractivity contribution is -0.138. The second-order valence-electron chi connectivity index (χ2n) is 7.56. The van der Waals surface area contributed by atoms with Gasteiger partial charge in [0.2, 0.25) is 0 Å². The summed E-state index contributed by atoms with van der Waals surface area (Å²) in [5, 5.41) is 4.53. The lowest BCUT2D eigenvalue weighted by Gasteiger charge is -2.11. The van der Waals surface area contributed by atoms with Gasteiger partial charge in [0, 0.05) is 25.4 Å². The van der Waals surface area contributed by atoms with Crippen molar-refractivity contribution >= 4 is 5.97 Å². The molecule has 3 aromatic rings. The standard InChI is InChI=1S/C24H26F3N3O4/c1-4-6-20-17(15-30(29-20)23-11-8-18(14-28-23)24(25,26)27)7-5-12-33-19-9-10-21(34-16(2)31)22(13-19)32-3/h8-11,13-15H,4-7,12H2,1-3H3. The largest absolute Gasteiger partial charge is 0.493 e. The van der Waals surface area contributed by atoms with Gasteiger partial charge in [0.1, 0.15) is 5.75 Å². The van der Waals surface area contributed by atoms with Crippen LogP contribution in [0.4, 0.5) is 13.2 Å². The van der Waals surface area contributed by atoms with Crippen LogP contribution in [0.2, 0.25) is 0 Å². The first-order chi connectivity index (χ1) is 16.2. The summed E-state index contributed by atoms with van der Waals surface area (Å²) in [4.78, 5) is 15.1. The van der Waals surface area contributed by atoms with Gasteiger partial charge in [-0.15, -0.1) is 0 Å². The van der Waals surface area contributed by atoms with Crippen molar-refractivity contribution < 1.29 is 32.2 Å². The number of esters is 1. The molecule has 0 aliphatic rings. The van der Waals surface area contributed by atoms with E-state index in [1.54, 1.807) is 24.4 Å². The minimum absolute atomic E-state index is 0.316. The number of benzene rings is 1. The van der Waals surface area contributed by atoms with E-state index in [0.717, 1.165) is 36.4 Å². The molecule has 1 aromatic carbocycles. The molecule has 0 bridgehead atoms. The third-order valence-corrected chi connectivity index (χ3v) is 4.92. The number of halogens is 3. The van der Waals surface area contributed by atoms with Crippen LogP contribution in [0.3, 0.4) is 0 Å². The maximum absolute atomic E-state index is 12.8. The van der Waals surface area contributed by atoms with E-state index < -0.39 is 17.7 Å². The van der Waals surface area contributed by atoms with Crippen LogP contribution in [-0.2, 0) is 23.8 Å². The average Bonchev–Trinajstić information content (AvgIpc) is 3.19. The molecular weight excluding hydrogens is 451 g/mol. The van der Waals surface area contributed by atoms with Crippen LogP contribution in [0.5, 0.6) is 17.2 Å². The zero-order valence-corrected chi connectivity index (χ0v) is 19.2. The van der Waals surface area contributed by atoms with Crippen molar-refractivity contribution in [1.82, 2.24) is 14.8 Å². The van der Waals surface area contributed by atoms with Gasteiger partial charge in [-0.3, -0.25) is 4.79 Å². The molecule has 7 nitrogen and oxygen atoms in total. The summed E-state index contributed by atoms with van der Waals surface area (Å²) < 4.78 is 56.0. The normalized spacial score (nSPS) is 11.4. The number of methoxy groups -OCH3 is 1. The lowest BCUT2D eigenvalue weighted by atomic mass is 10.1. The van der Waals surface area contributed by atoms with Gasteiger partial charge in [0.05, 0.1) is 25.0 Å². The first kappa shape index (κ1) is 25.1. The van der Waals surface area contributed by atoms with E-state index in [0.29, 0.717) is 42.5 Å². The zero-order chi connectivity index (χ0) is 24.7. The van der Waals surface area contributed by atoms with Crippen LogP contribution in [0.25, 0.3) is 5.82 Å². The molecule has 34 heavy (non-hydrogen) atoms. The summed E-state index contributed by atoms with van der Waals surface area (Å²) in [6.07, 6.45) is 1.19. The Kier molecular flexibility index (Phi) is 8.14. The molecule has 2 heterocycles. The van der Waals surface area contributed by atoms with E-state index in [9.17, 15) is 18.0 Å². The van der Waals surface area contributed by atoms with Crippen molar-refractivity contribution in [2.75, 3.05) is 13.7 Å². The molecular formula is C24H26F3N3O4. The van der Waals surface area contributed by atoms with E-state index in [2.05, 4.69) is 10.1 Å². The number of carbonyl (C=O) groups excluding carboxylic acids is 1. The fourth-order valence-electron chi connectivity index (χ4n) is 3.34. The molecule has 0 aliphatic heterocycles. The Morgan fingerprint density at radius 1 is 1.12 bits per heavy atom. The summed E-state index contributed by atoms with van der Waals surface area (Å²) in [7, 11) is 1.48.